The molecule has 3 N–H and O–H groups in total. The van der Waals surface area contributed by atoms with Gasteiger partial charge in [-0.1, -0.05) is 19.8 Å². The van der Waals surface area contributed by atoms with Crippen molar-refractivity contribution in [3.05, 3.63) is 12.7 Å². The summed E-state index contributed by atoms with van der Waals surface area (Å²) in [5, 5.41) is 30.1. The van der Waals surface area contributed by atoms with Gasteiger partial charge in [-0.3, -0.25) is 4.57 Å². The molecule has 1 unspecified atom stereocenters. The van der Waals surface area contributed by atoms with Crippen LogP contribution in [-0.2, 0) is 4.74 Å². The van der Waals surface area contributed by atoms with Crippen molar-refractivity contribution >= 4 is 22.9 Å². The number of hydrogen-bond acceptors (Lipinski definition) is 8. The molecule has 8 nitrogen and oxygen atoms in total. The van der Waals surface area contributed by atoms with Crippen molar-refractivity contribution in [1.29, 1.82) is 0 Å². The summed E-state index contributed by atoms with van der Waals surface area (Å²) in [6, 6.07) is 0. The second-order valence-corrected chi connectivity index (χ2v) is 6.87. The highest BCUT2D eigenvalue weighted by atomic mass is 32.2. The van der Waals surface area contributed by atoms with Gasteiger partial charge in [-0.05, 0) is 12.2 Å². The standard InChI is InChI=1S/C15H22N4O4S/c1-2-3-4-5-24-14-10-13(16-7-17-14)19(8-18-10)15-12(22)11(21)9(6-20)23-15/h7-9,11-12,15,20-22H,2-6H2,1H3/t9-,11-,12-,15?/m1/s1. The minimum absolute atomic E-state index is 0.366. The van der Waals surface area contributed by atoms with Gasteiger partial charge in [0.15, 0.2) is 11.9 Å². The molecule has 3 rings (SSSR count). The minimum atomic E-state index is -1.16. The molecule has 0 radical (unpaired) electrons. The summed E-state index contributed by atoms with van der Waals surface area (Å²) in [4.78, 5) is 12.9. The molecule has 24 heavy (non-hydrogen) atoms. The summed E-state index contributed by atoms with van der Waals surface area (Å²) in [6.07, 6.45) is 2.47. The second kappa shape index (κ2) is 7.75. The molecule has 3 heterocycles. The molecular weight excluding hydrogens is 332 g/mol. The zero-order chi connectivity index (χ0) is 17.1. The van der Waals surface area contributed by atoms with Crippen LogP contribution < -0.4 is 0 Å². The molecule has 0 amide bonds. The van der Waals surface area contributed by atoms with Gasteiger partial charge in [0, 0.05) is 0 Å². The van der Waals surface area contributed by atoms with Gasteiger partial charge in [0.1, 0.15) is 35.2 Å². The molecule has 2 aromatic heterocycles. The predicted molar refractivity (Wildman–Crippen MR) is 88.6 cm³/mol. The van der Waals surface area contributed by atoms with E-state index in [0.717, 1.165) is 17.2 Å². The van der Waals surface area contributed by atoms with Gasteiger partial charge in [-0.2, -0.15) is 0 Å². The molecule has 0 spiro atoms. The number of ether oxygens (including phenoxy) is 1. The van der Waals surface area contributed by atoms with E-state index in [1.807, 2.05) is 0 Å². The monoisotopic (exact) mass is 354 g/mol. The molecule has 2 aromatic rings. The van der Waals surface area contributed by atoms with Gasteiger partial charge in [-0.25, -0.2) is 15.0 Å². The molecule has 1 fully saturated rings. The number of aliphatic hydroxyl groups excluding tert-OH is 3. The van der Waals surface area contributed by atoms with Gasteiger partial charge in [0.05, 0.1) is 12.9 Å². The summed E-state index contributed by atoms with van der Waals surface area (Å²) in [7, 11) is 0. The Bertz CT molecular complexity index is 683. The normalized spacial score (nSPS) is 27.2. The van der Waals surface area contributed by atoms with Gasteiger partial charge in [0.2, 0.25) is 0 Å². The lowest BCUT2D eigenvalue weighted by atomic mass is 10.1. The third-order valence-electron chi connectivity index (χ3n) is 4.10. The number of fused-ring (bicyclic) bond motifs is 1. The molecule has 0 bridgehead atoms. The van der Waals surface area contributed by atoms with Crippen molar-refractivity contribution in [2.75, 3.05) is 12.4 Å². The maximum absolute atomic E-state index is 10.2. The fraction of sp³-hybridized carbons (Fsp3) is 0.667. The molecular formula is C15H22N4O4S. The summed E-state index contributed by atoms with van der Waals surface area (Å²) < 4.78 is 7.13. The Morgan fingerprint density at radius 3 is 2.75 bits per heavy atom. The van der Waals surface area contributed by atoms with Crippen molar-refractivity contribution in [1.82, 2.24) is 19.5 Å². The van der Waals surface area contributed by atoms with E-state index in [9.17, 15) is 15.3 Å². The largest absolute Gasteiger partial charge is 0.394 e. The fourth-order valence-electron chi connectivity index (χ4n) is 2.75. The van der Waals surface area contributed by atoms with Crippen molar-refractivity contribution in [3.8, 4) is 0 Å². The molecule has 1 aliphatic heterocycles. The third-order valence-corrected chi connectivity index (χ3v) is 5.17. The molecule has 1 aliphatic rings. The minimum Gasteiger partial charge on any atom is -0.394 e. The molecule has 0 saturated carbocycles. The topological polar surface area (TPSA) is 114 Å². The van der Waals surface area contributed by atoms with E-state index in [1.54, 1.807) is 16.3 Å². The Kier molecular flexibility index (Phi) is 5.67. The van der Waals surface area contributed by atoms with Gasteiger partial charge < -0.3 is 20.1 Å². The van der Waals surface area contributed by atoms with Gasteiger partial charge >= 0.3 is 0 Å². The number of imidazole rings is 1. The lowest BCUT2D eigenvalue weighted by molar-refractivity contribution is -0.0511. The van der Waals surface area contributed by atoms with Crippen LogP contribution in [0.4, 0.5) is 0 Å². The first-order valence-corrected chi connectivity index (χ1v) is 9.08. The number of thioether (sulfide) groups is 1. The van der Waals surface area contributed by atoms with E-state index < -0.39 is 24.5 Å². The van der Waals surface area contributed by atoms with Crippen LogP contribution in [0.2, 0.25) is 0 Å². The van der Waals surface area contributed by atoms with E-state index in [4.69, 9.17) is 4.74 Å². The van der Waals surface area contributed by atoms with Crippen molar-refractivity contribution in [2.24, 2.45) is 0 Å². The first-order chi connectivity index (χ1) is 11.7. The van der Waals surface area contributed by atoms with Crippen molar-refractivity contribution in [2.45, 2.75) is 55.8 Å². The van der Waals surface area contributed by atoms with Crippen LogP contribution in [0.1, 0.15) is 32.4 Å². The average Bonchev–Trinajstić information content (AvgIpc) is 3.14. The molecule has 1 saturated heterocycles. The van der Waals surface area contributed by atoms with Crippen LogP contribution in [-0.4, -0.2) is 65.5 Å². The fourth-order valence-corrected chi connectivity index (χ4v) is 3.70. The number of rotatable bonds is 7. The highest BCUT2D eigenvalue weighted by molar-refractivity contribution is 7.99. The number of hydrogen-bond donors (Lipinski definition) is 3. The van der Waals surface area contributed by atoms with E-state index in [0.29, 0.717) is 11.2 Å². The molecule has 132 valence electrons. The van der Waals surface area contributed by atoms with Gasteiger partial charge in [0.25, 0.3) is 0 Å². The maximum atomic E-state index is 10.2. The smallest absolute Gasteiger partial charge is 0.166 e. The third kappa shape index (κ3) is 3.27. The first-order valence-electron chi connectivity index (χ1n) is 8.10. The summed E-state index contributed by atoms with van der Waals surface area (Å²) in [5.74, 6) is 0.959. The summed E-state index contributed by atoms with van der Waals surface area (Å²) >= 11 is 1.63. The Labute approximate surface area is 143 Å². The summed E-state index contributed by atoms with van der Waals surface area (Å²) in [5.41, 5.74) is 1.19. The lowest BCUT2D eigenvalue weighted by Gasteiger charge is -2.16. The average molecular weight is 354 g/mol. The van der Waals surface area contributed by atoms with Crippen LogP contribution in [0.25, 0.3) is 11.2 Å². The second-order valence-electron chi connectivity index (χ2n) is 5.79. The van der Waals surface area contributed by atoms with Gasteiger partial charge in [-0.15, -0.1) is 11.8 Å². The zero-order valence-electron chi connectivity index (χ0n) is 13.4. The number of aliphatic hydroxyl groups is 3. The van der Waals surface area contributed by atoms with E-state index in [-0.39, 0.29) is 6.61 Å². The lowest BCUT2D eigenvalue weighted by Crippen LogP contribution is -2.33. The van der Waals surface area contributed by atoms with Crippen LogP contribution in [0.3, 0.4) is 0 Å². The van der Waals surface area contributed by atoms with Crippen LogP contribution in [0.5, 0.6) is 0 Å². The van der Waals surface area contributed by atoms with Crippen LogP contribution >= 0.6 is 11.8 Å². The first kappa shape index (κ1) is 17.6. The highest BCUT2D eigenvalue weighted by Gasteiger charge is 2.44. The Morgan fingerprint density at radius 2 is 2.04 bits per heavy atom. The quantitative estimate of drug-likeness (QED) is 0.379. The van der Waals surface area contributed by atoms with Crippen molar-refractivity contribution in [3.63, 3.8) is 0 Å². The molecule has 0 aromatic carbocycles. The SMILES string of the molecule is CCCCCSc1ncnc2c1ncn2C1O[C@H](CO)[C@@H](O)[C@H]1O. The van der Waals surface area contributed by atoms with E-state index in [1.165, 1.54) is 25.5 Å². The van der Waals surface area contributed by atoms with Crippen LogP contribution in [0, 0.1) is 0 Å². The van der Waals surface area contributed by atoms with E-state index >= 15 is 0 Å². The Balaban J connectivity index is 1.83. The zero-order valence-corrected chi connectivity index (χ0v) is 14.3. The predicted octanol–water partition coefficient (Wildman–Crippen LogP) is 0.720. The molecule has 9 heteroatoms. The Hall–Kier alpha value is -1.26. The number of aromatic nitrogens is 4. The number of nitrogens with zero attached hydrogens (tertiary/aromatic N) is 4. The maximum Gasteiger partial charge on any atom is 0.166 e. The highest BCUT2D eigenvalue weighted by Crippen LogP contribution is 2.32. The molecule has 0 aliphatic carbocycles. The van der Waals surface area contributed by atoms with Crippen molar-refractivity contribution < 1.29 is 20.1 Å². The number of unbranched alkanes of at least 4 members (excludes halogenated alkanes) is 2. The van der Waals surface area contributed by atoms with E-state index in [2.05, 4.69) is 21.9 Å². The van der Waals surface area contributed by atoms with Crippen LogP contribution in [0.15, 0.2) is 17.7 Å². The Morgan fingerprint density at radius 1 is 1.21 bits per heavy atom. The summed E-state index contributed by atoms with van der Waals surface area (Å²) in [6.45, 7) is 1.80. The molecule has 4 atom stereocenters.